The van der Waals surface area contributed by atoms with Gasteiger partial charge in [-0.15, -0.1) is 0 Å². The van der Waals surface area contributed by atoms with Crippen molar-refractivity contribution in [2.24, 2.45) is 0 Å². The zero-order valence-electron chi connectivity index (χ0n) is 8.60. The second-order valence-electron chi connectivity index (χ2n) is 3.49. The number of rotatable bonds is 3. The summed E-state index contributed by atoms with van der Waals surface area (Å²) in [5.74, 6) is 0. The van der Waals surface area contributed by atoms with E-state index in [0.717, 1.165) is 0 Å². The normalized spacial score (nSPS) is 12.9. The van der Waals surface area contributed by atoms with Crippen LogP contribution in [-0.4, -0.2) is 25.1 Å². The van der Waals surface area contributed by atoms with Gasteiger partial charge < -0.3 is 0 Å². The summed E-state index contributed by atoms with van der Waals surface area (Å²) >= 11 is -1.10. The Bertz CT molecular complexity index is 321. The number of nitrogens with zero attached hydrogens (tertiary/aromatic N) is 1. The van der Waals surface area contributed by atoms with Crippen molar-refractivity contribution in [3.8, 4) is 0 Å². The molecule has 0 saturated carbocycles. The zero-order valence-corrected chi connectivity index (χ0v) is 11.2. The molecule has 0 heterocycles. The summed E-state index contributed by atoms with van der Waals surface area (Å²) < 4.78 is 0.624. The van der Waals surface area contributed by atoms with E-state index >= 15 is 0 Å². The third kappa shape index (κ3) is 2.71. The minimum absolute atomic E-state index is 0.178. The Morgan fingerprint density at radius 2 is 1.79 bits per heavy atom. The van der Waals surface area contributed by atoms with E-state index in [1.165, 1.54) is 5.56 Å². The number of nitro benzene ring substituents is 1. The van der Waals surface area contributed by atoms with Crippen molar-refractivity contribution >= 4 is 25.9 Å². The molecule has 0 N–H and O–H groups in total. The van der Waals surface area contributed by atoms with Crippen molar-refractivity contribution in [3.63, 3.8) is 0 Å². The summed E-state index contributed by atoms with van der Waals surface area (Å²) in [7, 11) is 0. The van der Waals surface area contributed by atoms with Crippen molar-refractivity contribution in [2.45, 2.75) is 20.5 Å². The molecular weight excluding hydrogens is 288 g/mol. The number of hydrogen-bond donors (Lipinski definition) is 0. The Labute approximate surface area is 91.2 Å². The molecule has 0 saturated heterocycles. The van der Waals surface area contributed by atoms with Crippen LogP contribution in [0.3, 0.4) is 0 Å². The Morgan fingerprint density at radius 1 is 1.29 bits per heavy atom. The van der Waals surface area contributed by atoms with Crippen LogP contribution < -0.4 is 0 Å². The van der Waals surface area contributed by atoms with Crippen LogP contribution in [0.25, 0.3) is 0 Å². The molecule has 14 heavy (non-hydrogen) atoms. The van der Waals surface area contributed by atoms with Gasteiger partial charge >= 0.3 is 91.3 Å². The zero-order chi connectivity index (χ0) is 10.7. The molecule has 0 spiro atoms. The molecule has 1 aromatic rings. The quantitative estimate of drug-likeness (QED) is 0.489. The van der Waals surface area contributed by atoms with Gasteiger partial charge in [-0.3, -0.25) is 0 Å². The van der Waals surface area contributed by atoms with Crippen LogP contribution in [-0.2, 0) is 0 Å². The first-order valence-electron chi connectivity index (χ1n) is 4.43. The second-order valence-corrected chi connectivity index (χ2v) is 11.2. The van der Waals surface area contributed by atoms with Crippen LogP contribution in [0.15, 0.2) is 24.3 Å². The van der Waals surface area contributed by atoms with Crippen molar-refractivity contribution in [2.75, 3.05) is 0 Å². The van der Waals surface area contributed by atoms with Gasteiger partial charge in [-0.2, -0.15) is 0 Å². The molecular formula is C10H14NO2Sb. The molecule has 0 aliphatic heterocycles. The topological polar surface area (TPSA) is 43.1 Å². The molecule has 1 rings (SSSR count). The Kier molecular flexibility index (Phi) is 3.94. The van der Waals surface area contributed by atoms with Crippen molar-refractivity contribution in [1.82, 2.24) is 0 Å². The summed E-state index contributed by atoms with van der Waals surface area (Å²) in [6.45, 7) is 2.21. The van der Waals surface area contributed by atoms with Gasteiger partial charge in [0.05, 0.1) is 0 Å². The SMILES string of the molecule is C[CH](c1ccc([N+](=O)[O-])cc1)[Sb]([CH3])[CH3]. The van der Waals surface area contributed by atoms with Crippen LogP contribution >= 0.6 is 0 Å². The van der Waals surface area contributed by atoms with Crippen LogP contribution in [0.4, 0.5) is 5.69 Å². The van der Waals surface area contributed by atoms with Crippen molar-refractivity contribution in [3.05, 3.63) is 39.9 Å². The molecule has 0 aromatic heterocycles. The average molecular weight is 302 g/mol. The van der Waals surface area contributed by atoms with Crippen LogP contribution in [0, 0.1) is 10.1 Å². The van der Waals surface area contributed by atoms with E-state index < -0.39 is 20.2 Å². The van der Waals surface area contributed by atoms with Gasteiger partial charge in [0.15, 0.2) is 0 Å². The Hall–Kier alpha value is -0.562. The predicted octanol–water partition coefficient (Wildman–Crippen LogP) is 2.99. The first-order valence-corrected chi connectivity index (χ1v) is 11.0. The van der Waals surface area contributed by atoms with Gasteiger partial charge in [-0.1, -0.05) is 0 Å². The first kappa shape index (κ1) is 11.5. The number of nitro groups is 1. The third-order valence-electron chi connectivity index (χ3n) is 2.36. The van der Waals surface area contributed by atoms with E-state index in [0.29, 0.717) is 3.86 Å². The van der Waals surface area contributed by atoms with E-state index in [1.54, 1.807) is 12.1 Å². The van der Waals surface area contributed by atoms with Gasteiger partial charge in [0.1, 0.15) is 0 Å². The van der Waals surface area contributed by atoms with Crippen molar-refractivity contribution in [1.29, 1.82) is 0 Å². The predicted molar refractivity (Wildman–Crippen MR) is 59.0 cm³/mol. The molecule has 1 unspecified atom stereocenters. The molecule has 0 aliphatic rings. The van der Waals surface area contributed by atoms with E-state index in [2.05, 4.69) is 16.7 Å². The Balaban J connectivity index is 2.88. The summed E-state index contributed by atoms with van der Waals surface area (Å²) in [5.41, 5.74) is 1.42. The van der Waals surface area contributed by atoms with Gasteiger partial charge in [0, 0.05) is 0 Å². The van der Waals surface area contributed by atoms with E-state index in [4.69, 9.17) is 0 Å². The molecule has 0 bridgehead atoms. The second kappa shape index (κ2) is 4.79. The minimum atomic E-state index is -1.10. The van der Waals surface area contributed by atoms with Crippen LogP contribution in [0.5, 0.6) is 0 Å². The molecule has 4 heteroatoms. The fourth-order valence-electron chi connectivity index (χ4n) is 1.17. The molecule has 0 aliphatic carbocycles. The summed E-state index contributed by atoms with van der Waals surface area (Å²) in [5, 5.41) is 10.4. The Morgan fingerprint density at radius 3 is 2.14 bits per heavy atom. The monoisotopic (exact) mass is 301 g/mol. The fraction of sp³-hybridized carbons (Fsp3) is 0.400. The summed E-state index contributed by atoms with van der Waals surface area (Å²) in [6, 6.07) is 6.95. The first-order chi connectivity index (χ1) is 6.52. The molecule has 1 atom stereocenters. The summed E-state index contributed by atoms with van der Waals surface area (Å²) in [6.07, 6.45) is 0. The van der Waals surface area contributed by atoms with Crippen LogP contribution in [0.1, 0.15) is 16.4 Å². The summed E-state index contributed by atoms with van der Waals surface area (Å²) in [4.78, 5) is 14.7. The maximum atomic E-state index is 10.4. The molecule has 0 fully saturated rings. The number of hydrogen-bond acceptors (Lipinski definition) is 2. The van der Waals surface area contributed by atoms with Gasteiger partial charge in [0.2, 0.25) is 0 Å². The number of non-ortho nitro benzene ring substituents is 1. The van der Waals surface area contributed by atoms with Gasteiger partial charge in [-0.05, 0) is 0 Å². The molecule has 3 nitrogen and oxygen atoms in total. The third-order valence-corrected chi connectivity index (χ3v) is 7.63. The number of benzene rings is 1. The van der Waals surface area contributed by atoms with Gasteiger partial charge in [0.25, 0.3) is 0 Å². The van der Waals surface area contributed by atoms with Crippen LogP contribution in [0.2, 0.25) is 9.74 Å². The van der Waals surface area contributed by atoms with Crippen molar-refractivity contribution < 1.29 is 4.92 Å². The maximum absolute atomic E-state index is 10.4. The average Bonchev–Trinajstić information content (AvgIpc) is 2.16. The fourth-order valence-corrected chi connectivity index (χ4v) is 3.37. The molecule has 76 valence electrons. The molecule has 1 aromatic carbocycles. The van der Waals surface area contributed by atoms with E-state index in [9.17, 15) is 10.1 Å². The van der Waals surface area contributed by atoms with E-state index in [1.807, 2.05) is 12.1 Å². The standard InChI is InChI=1S/C8H8NO2.2CH3.Sb/c1-2-7-3-5-8(6-4-7)9(10)11;;;/h2-6H,1H3;2*1H3;. The molecule has 0 amide bonds. The molecule has 0 radical (unpaired) electrons. The van der Waals surface area contributed by atoms with E-state index in [-0.39, 0.29) is 10.6 Å². The van der Waals surface area contributed by atoms with Gasteiger partial charge in [-0.25, -0.2) is 0 Å².